The normalized spacial score (nSPS) is 18.2. The van der Waals surface area contributed by atoms with Crippen LogP contribution in [0.25, 0.3) is 5.76 Å². The number of methoxy groups -OCH3 is 1. The number of anilines is 1. The van der Waals surface area contributed by atoms with Crippen molar-refractivity contribution in [3.8, 4) is 23.0 Å². The fourth-order valence-corrected chi connectivity index (χ4v) is 4.99. The van der Waals surface area contributed by atoms with Gasteiger partial charge in [-0.05, 0) is 42.3 Å². The summed E-state index contributed by atoms with van der Waals surface area (Å²) >= 11 is 1.22. The van der Waals surface area contributed by atoms with E-state index in [2.05, 4.69) is 11.9 Å². The summed E-state index contributed by atoms with van der Waals surface area (Å²) in [4.78, 5) is 32.2. The summed E-state index contributed by atoms with van der Waals surface area (Å²) in [7, 11) is 1.53. The van der Waals surface area contributed by atoms with Crippen LogP contribution in [0.1, 0.15) is 36.9 Å². The van der Waals surface area contributed by atoms with Crippen LogP contribution in [0.5, 0.6) is 23.0 Å². The smallest absolute Gasteiger partial charge is 0.301 e. The number of hydrogen-bond donors (Lipinski definition) is 1. The van der Waals surface area contributed by atoms with E-state index in [9.17, 15) is 14.7 Å². The summed E-state index contributed by atoms with van der Waals surface area (Å²) in [5, 5.41) is 13.5. The lowest BCUT2D eigenvalue weighted by Crippen LogP contribution is -2.29. The monoisotopic (exact) mass is 522 g/mol. The number of aliphatic hydroxyl groups excluding tert-OH is 1. The molecule has 1 atom stereocenters. The zero-order valence-corrected chi connectivity index (χ0v) is 21.2. The number of ketones is 1. The summed E-state index contributed by atoms with van der Waals surface area (Å²) in [6, 6.07) is 9.19. The van der Waals surface area contributed by atoms with Gasteiger partial charge in [-0.2, -0.15) is 0 Å². The summed E-state index contributed by atoms with van der Waals surface area (Å²) in [6.07, 6.45) is 3.44. The Morgan fingerprint density at radius 3 is 2.68 bits per heavy atom. The van der Waals surface area contributed by atoms with E-state index in [1.54, 1.807) is 48.0 Å². The van der Waals surface area contributed by atoms with E-state index in [-0.39, 0.29) is 11.3 Å². The van der Waals surface area contributed by atoms with E-state index < -0.39 is 17.7 Å². The Morgan fingerprint density at radius 2 is 1.95 bits per heavy atom. The second-order valence-electron chi connectivity index (χ2n) is 8.45. The lowest BCUT2D eigenvalue weighted by atomic mass is 9.95. The topological polar surface area (TPSA) is 107 Å². The number of carbonyl (C=O) groups is 2. The number of amides is 1. The molecular formula is C27H26N2O7S. The molecule has 2 aromatic carbocycles. The van der Waals surface area contributed by atoms with E-state index in [0.717, 1.165) is 12.8 Å². The maximum Gasteiger partial charge on any atom is 0.301 e. The molecule has 2 aliphatic heterocycles. The lowest BCUT2D eigenvalue weighted by molar-refractivity contribution is -0.132. The Kier molecular flexibility index (Phi) is 7.00. The van der Waals surface area contributed by atoms with Crippen molar-refractivity contribution in [3.05, 3.63) is 64.7 Å². The molecule has 2 aliphatic rings. The Labute approximate surface area is 217 Å². The molecule has 0 saturated carbocycles. The predicted molar refractivity (Wildman–Crippen MR) is 138 cm³/mol. The molecular weight excluding hydrogens is 496 g/mol. The third kappa shape index (κ3) is 4.60. The number of aromatic nitrogens is 1. The number of thiazole rings is 1. The first-order chi connectivity index (χ1) is 18.0. The molecule has 5 rings (SSSR count). The molecule has 1 N–H and O–H groups in total. The van der Waals surface area contributed by atoms with Gasteiger partial charge in [0.15, 0.2) is 28.1 Å². The average molecular weight is 523 g/mol. The molecule has 0 aliphatic carbocycles. The van der Waals surface area contributed by atoms with E-state index in [1.807, 2.05) is 0 Å². The van der Waals surface area contributed by atoms with Crippen LogP contribution in [-0.4, -0.2) is 48.7 Å². The highest BCUT2D eigenvalue weighted by molar-refractivity contribution is 7.14. The van der Waals surface area contributed by atoms with Crippen LogP contribution in [0.4, 0.5) is 5.13 Å². The van der Waals surface area contributed by atoms with Gasteiger partial charge in [-0.3, -0.25) is 14.5 Å². The summed E-state index contributed by atoms with van der Waals surface area (Å²) in [5.74, 6) is 0.107. The molecule has 0 bridgehead atoms. The Bertz CT molecular complexity index is 1350. The zero-order chi connectivity index (χ0) is 25.9. The number of carbonyl (C=O) groups excluding carboxylic acids is 2. The van der Waals surface area contributed by atoms with Crippen LogP contribution < -0.4 is 23.8 Å². The van der Waals surface area contributed by atoms with Crippen molar-refractivity contribution in [1.29, 1.82) is 0 Å². The highest BCUT2D eigenvalue weighted by atomic mass is 32.1. The van der Waals surface area contributed by atoms with Crippen molar-refractivity contribution in [2.45, 2.75) is 25.8 Å². The quantitative estimate of drug-likeness (QED) is 0.196. The third-order valence-corrected chi connectivity index (χ3v) is 6.92. The number of nitrogens with zero attached hydrogens (tertiary/aromatic N) is 2. The van der Waals surface area contributed by atoms with Gasteiger partial charge in [-0.15, -0.1) is 11.3 Å². The van der Waals surface area contributed by atoms with Crippen LogP contribution in [0.3, 0.4) is 0 Å². The molecule has 1 unspecified atom stereocenters. The van der Waals surface area contributed by atoms with Gasteiger partial charge in [-0.1, -0.05) is 19.4 Å². The number of Topliss-reactive ketones (excluding diaryl/α,β-unsaturated/α-hetero) is 1. The van der Waals surface area contributed by atoms with Gasteiger partial charge < -0.3 is 24.1 Å². The minimum atomic E-state index is -0.932. The Hall–Kier alpha value is -4.05. The van der Waals surface area contributed by atoms with E-state index >= 15 is 0 Å². The van der Waals surface area contributed by atoms with E-state index in [0.29, 0.717) is 59.1 Å². The van der Waals surface area contributed by atoms with Gasteiger partial charge in [0.25, 0.3) is 5.78 Å². The van der Waals surface area contributed by atoms with Crippen molar-refractivity contribution < 1.29 is 33.6 Å². The molecule has 192 valence electrons. The SMILES string of the molecule is CCCCOc1ccc(C2C(=C(O)c3ccc4c(c3)OCCO4)C(=O)C(=O)N2c2nccs2)cc1OC. The lowest BCUT2D eigenvalue weighted by Gasteiger charge is -2.24. The van der Waals surface area contributed by atoms with Crippen molar-refractivity contribution in [3.63, 3.8) is 0 Å². The predicted octanol–water partition coefficient (Wildman–Crippen LogP) is 4.73. The third-order valence-electron chi connectivity index (χ3n) is 6.14. The van der Waals surface area contributed by atoms with Crippen LogP contribution in [0.2, 0.25) is 0 Å². The fraction of sp³-hybridized carbons (Fsp3) is 0.296. The molecule has 0 spiro atoms. The summed E-state index contributed by atoms with van der Waals surface area (Å²) in [5.41, 5.74) is 0.838. The van der Waals surface area contributed by atoms with Crippen LogP contribution in [0.15, 0.2) is 53.5 Å². The standard InChI is InChI=1S/C27H26N2O7S/c1-3-4-10-34-18-7-5-16(14-20(18)33-2)23-22(25(31)26(32)29(23)27-28-9-13-37-27)24(30)17-6-8-19-21(15-17)36-12-11-35-19/h5-9,13-15,23,30H,3-4,10-12H2,1-2H3. The Balaban J connectivity index is 1.63. The van der Waals surface area contributed by atoms with Crippen LogP contribution >= 0.6 is 11.3 Å². The van der Waals surface area contributed by atoms with Gasteiger partial charge in [0.05, 0.1) is 25.3 Å². The molecule has 1 amide bonds. The maximum atomic E-state index is 13.3. The molecule has 1 fully saturated rings. The van der Waals surface area contributed by atoms with Crippen molar-refractivity contribution in [2.24, 2.45) is 0 Å². The molecule has 10 heteroatoms. The molecule has 37 heavy (non-hydrogen) atoms. The minimum absolute atomic E-state index is 0.0569. The number of benzene rings is 2. The van der Waals surface area contributed by atoms with Crippen molar-refractivity contribution in [1.82, 2.24) is 4.98 Å². The van der Waals surface area contributed by atoms with Gasteiger partial charge in [-0.25, -0.2) is 4.98 Å². The van der Waals surface area contributed by atoms with Gasteiger partial charge in [0.1, 0.15) is 19.0 Å². The summed E-state index contributed by atoms with van der Waals surface area (Å²) in [6.45, 7) is 3.41. The maximum absolute atomic E-state index is 13.3. The number of rotatable bonds is 8. The minimum Gasteiger partial charge on any atom is -0.507 e. The van der Waals surface area contributed by atoms with E-state index in [1.165, 1.54) is 23.3 Å². The number of unbranched alkanes of at least 4 members (excludes halogenated alkanes) is 1. The van der Waals surface area contributed by atoms with Crippen molar-refractivity contribution in [2.75, 3.05) is 31.8 Å². The van der Waals surface area contributed by atoms with Crippen LogP contribution in [0, 0.1) is 0 Å². The van der Waals surface area contributed by atoms with E-state index in [4.69, 9.17) is 18.9 Å². The Morgan fingerprint density at radius 1 is 1.14 bits per heavy atom. The molecule has 9 nitrogen and oxygen atoms in total. The molecule has 1 saturated heterocycles. The largest absolute Gasteiger partial charge is 0.507 e. The number of hydrogen-bond acceptors (Lipinski definition) is 9. The number of ether oxygens (including phenoxy) is 4. The second-order valence-corrected chi connectivity index (χ2v) is 9.33. The summed E-state index contributed by atoms with van der Waals surface area (Å²) < 4.78 is 22.6. The number of aliphatic hydroxyl groups is 1. The molecule has 1 aromatic heterocycles. The van der Waals surface area contributed by atoms with Gasteiger partial charge in [0.2, 0.25) is 0 Å². The van der Waals surface area contributed by atoms with Gasteiger partial charge >= 0.3 is 5.91 Å². The highest BCUT2D eigenvalue weighted by Gasteiger charge is 2.48. The first-order valence-electron chi connectivity index (χ1n) is 11.9. The highest BCUT2D eigenvalue weighted by Crippen LogP contribution is 2.45. The molecule has 3 heterocycles. The zero-order valence-electron chi connectivity index (χ0n) is 20.4. The fourth-order valence-electron chi connectivity index (χ4n) is 4.33. The molecule has 0 radical (unpaired) electrons. The van der Waals surface area contributed by atoms with Crippen LogP contribution in [-0.2, 0) is 9.59 Å². The van der Waals surface area contributed by atoms with Crippen molar-refractivity contribution >= 4 is 33.9 Å². The first-order valence-corrected chi connectivity index (χ1v) is 12.8. The molecule has 3 aromatic rings. The second kappa shape index (κ2) is 10.5. The first kappa shape index (κ1) is 24.6. The van der Waals surface area contributed by atoms with Gasteiger partial charge in [0, 0.05) is 17.1 Å². The number of fused-ring (bicyclic) bond motifs is 1. The average Bonchev–Trinajstić information content (AvgIpc) is 3.54.